The van der Waals surface area contributed by atoms with Crippen molar-refractivity contribution in [2.45, 2.75) is 31.7 Å². The van der Waals surface area contributed by atoms with Gasteiger partial charge in [-0.3, -0.25) is 10.1 Å². The molecule has 18 heavy (non-hydrogen) atoms. The summed E-state index contributed by atoms with van der Waals surface area (Å²) < 4.78 is 13.2. The normalized spacial score (nSPS) is 17.2. The van der Waals surface area contributed by atoms with Crippen molar-refractivity contribution in [1.82, 2.24) is 0 Å². The third-order valence-corrected chi connectivity index (χ3v) is 3.45. The molecular weight excluding hydrogens is 259 g/mol. The average molecular weight is 275 g/mol. The Morgan fingerprint density at radius 1 is 1.39 bits per heavy atom. The number of nitrogens with zero attached hydrogens (tertiary/aromatic N) is 1. The first-order valence-corrected chi connectivity index (χ1v) is 5.79. The minimum Gasteiger partial charge on any atom is -0.323 e. The van der Waals surface area contributed by atoms with Gasteiger partial charge in [0.1, 0.15) is 5.82 Å². The van der Waals surface area contributed by atoms with Gasteiger partial charge in [-0.05, 0) is 30.9 Å². The Labute approximate surface area is 111 Å². The van der Waals surface area contributed by atoms with Crippen molar-refractivity contribution in [2.75, 3.05) is 0 Å². The molecule has 0 radical (unpaired) electrons. The Morgan fingerprint density at radius 3 is 2.56 bits per heavy atom. The lowest BCUT2D eigenvalue weighted by Gasteiger charge is -2.19. The Morgan fingerprint density at radius 2 is 2.00 bits per heavy atom. The molecule has 0 unspecified atom stereocenters. The third-order valence-electron chi connectivity index (χ3n) is 3.45. The zero-order chi connectivity index (χ0) is 12.4. The van der Waals surface area contributed by atoms with E-state index in [0.29, 0.717) is 5.56 Å². The van der Waals surface area contributed by atoms with Gasteiger partial charge in [0.25, 0.3) is 5.69 Å². The van der Waals surface area contributed by atoms with Gasteiger partial charge in [-0.15, -0.1) is 12.4 Å². The van der Waals surface area contributed by atoms with Crippen LogP contribution in [0, 0.1) is 21.8 Å². The van der Waals surface area contributed by atoms with Gasteiger partial charge in [-0.25, -0.2) is 4.39 Å². The van der Waals surface area contributed by atoms with Crippen LogP contribution in [0.25, 0.3) is 0 Å². The minimum absolute atomic E-state index is 0. The largest absolute Gasteiger partial charge is 0.323 e. The summed E-state index contributed by atoms with van der Waals surface area (Å²) in [6.07, 6.45) is 4.13. The molecule has 1 atom stereocenters. The number of hydrogen-bond acceptors (Lipinski definition) is 3. The fourth-order valence-corrected chi connectivity index (χ4v) is 2.53. The van der Waals surface area contributed by atoms with Crippen LogP contribution in [0.3, 0.4) is 0 Å². The lowest BCUT2D eigenvalue weighted by molar-refractivity contribution is -0.385. The van der Waals surface area contributed by atoms with E-state index in [-0.39, 0.29) is 24.0 Å². The third kappa shape index (κ3) is 2.97. The summed E-state index contributed by atoms with van der Waals surface area (Å²) in [5, 5.41) is 10.9. The first kappa shape index (κ1) is 14.9. The van der Waals surface area contributed by atoms with Crippen LogP contribution < -0.4 is 5.73 Å². The summed E-state index contributed by atoms with van der Waals surface area (Å²) in [4.78, 5) is 10.4. The Balaban J connectivity index is 0.00000162. The molecule has 2 rings (SSSR count). The summed E-state index contributed by atoms with van der Waals surface area (Å²) >= 11 is 0. The highest BCUT2D eigenvalue weighted by Gasteiger charge is 2.28. The van der Waals surface area contributed by atoms with Gasteiger partial charge in [0.05, 0.1) is 4.92 Å². The van der Waals surface area contributed by atoms with Crippen molar-refractivity contribution >= 4 is 18.1 Å². The smallest absolute Gasteiger partial charge is 0.274 e. The van der Waals surface area contributed by atoms with E-state index in [4.69, 9.17) is 5.73 Å². The molecule has 0 aromatic heterocycles. The Hall–Kier alpha value is -1.20. The number of nitro benzene ring substituents is 1. The number of benzene rings is 1. The first-order valence-electron chi connectivity index (χ1n) is 5.79. The van der Waals surface area contributed by atoms with Gasteiger partial charge in [-0.1, -0.05) is 12.8 Å². The molecule has 0 heterocycles. The van der Waals surface area contributed by atoms with E-state index in [2.05, 4.69) is 0 Å². The molecule has 1 aromatic rings. The summed E-state index contributed by atoms with van der Waals surface area (Å²) in [5.74, 6) is -0.241. The van der Waals surface area contributed by atoms with Crippen molar-refractivity contribution in [3.05, 3.63) is 39.7 Å². The van der Waals surface area contributed by atoms with Crippen LogP contribution in [0.1, 0.15) is 37.3 Å². The van der Waals surface area contributed by atoms with E-state index in [1.165, 1.54) is 12.1 Å². The first-order chi connectivity index (χ1) is 8.09. The molecule has 1 fully saturated rings. The maximum atomic E-state index is 13.2. The van der Waals surface area contributed by atoms with E-state index < -0.39 is 16.8 Å². The predicted molar refractivity (Wildman–Crippen MR) is 69.2 cm³/mol. The van der Waals surface area contributed by atoms with Crippen LogP contribution in [-0.2, 0) is 0 Å². The Bertz CT molecular complexity index is 436. The summed E-state index contributed by atoms with van der Waals surface area (Å²) in [6.45, 7) is 0. The highest BCUT2D eigenvalue weighted by Crippen LogP contribution is 2.37. The second-order valence-electron chi connectivity index (χ2n) is 4.53. The van der Waals surface area contributed by atoms with Crippen molar-refractivity contribution in [1.29, 1.82) is 0 Å². The van der Waals surface area contributed by atoms with Crippen LogP contribution >= 0.6 is 12.4 Å². The zero-order valence-electron chi connectivity index (χ0n) is 9.84. The van der Waals surface area contributed by atoms with Crippen molar-refractivity contribution < 1.29 is 9.31 Å². The van der Waals surface area contributed by atoms with Crippen LogP contribution in [-0.4, -0.2) is 4.92 Å². The van der Waals surface area contributed by atoms with Gasteiger partial charge < -0.3 is 5.73 Å². The molecule has 2 N–H and O–H groups in total. The van der Waals surface area contributed by atoms with Crippen molar-refractivity contribution in [3.63, 3.8) is 0 Å². The van der Waals surface area contributed by atoms with E-state index in [9.17, 15) is 14.5 Å². The molecule has 6 heteroatoms. The molecule has 1 aliphatic carbocycles. The van der Waals surface area contributed by atoms with Gasteiger partial charge >= 0.3 is 0 Å². The molecule has 1 aromatic carbocycles. The Kier molecular flexibility index (Phi) is 5.04. The van der Waals surface area contributed by atoms with E-state index in [1.807, 2.05) is 0 Å². The molecule has 0 spiro atoms. The SMILES string of the molecule is Cl.N[C@@H](c1cc(F)ccc1[N+](=O)[O-])C1CCCC1. The molecule has 4 nitrogen and oxygen atoms in total. The molecule has 100 valence electrons. The molecule has 0 saturated heterocycles. The van der Waals surface area contributed by atoms with Gasteiger partial charge in [0.15, 0.2) is 0 Å². The average Bonchev–Trinajstić information content (AvgIpc) is 2.80. The number of nitrogens with two attached hydrogens (primary N) is 1. The van der Waals surface area contributed by atoms with E-state index in [0.717, 1.165) is 31.7 Å². The van der Waals surface area contributed by atoms with Crippen LogP contribution in [0.2, 0.25) is 0 Å². The summed E-state index contributed by atoms with van der Waals surface area (Å²) in [6, 6.07) is 3.05. The van der Waals surface area contributed by atoms with Gasteiger partial charge in [0.2, 0.25) is 0 Å². The van der Waals surface area contributed by atoms with Crippen LogP contribution in [0.15, 0.2) is 18.2 Å². The molecule has 1 saturated carbocycles. The number of rotatable bonds is 3. The molecule has 0 amide bonds. The maximum absolute atomic E-state index is 13.2. The van der Waals surface area contributed by atoms with Gasteiger partial charge in [-0.2, -0.15) is 0 Å². The second kappa shape index (κ2) is 6.11. The number of nitro groups is 1. The maximum Gasteiger partial charge on any atom is 0.274 e. The highest BCUT2D eigenvalue weighted by molar-refractivity contribution is 5.85. The molecule has 0 aliphatic heterocycles. The lowest BCUT2D eigenvalue weighted by atomic mass is 9.91. The van der Waals surface area contributed by atoms with Crippen molar-refractivity contribution in [2.24, 2.45) is 11.7 Å². The van der Waals surface area contributed by atoms with Crippen LogP contribution in [0.4, 0.5) is 10.1 Å². The standard InChI is InChI=1S/C12H15FN2O2.ClH/c13-9-5-6-11(15(16)17)10(7-9)12(14)8-3-1-2-4-8;/h5-8,12H,1-4,14H2;1H/t12-;/m1./s1. The molecule has 1 aliphatic rings. The minimum atomic E-state index is -0.496. The van der Waals surface area contributed by atoms with E-state index in [1.54, 1.807) is 0 Å². The highest BCUT2D eigenvalue weighted by atomic mass is 35.5. The predicted octanol–water partition coefficient (Wildman–Crippen LogP) is 3.35. The quantitative estimate of drug-likeness (QED) is 0.679. The van der Waals surface area contributed by atoms with E-state index >= 15 is 0 Å². The fraction of sp³-hybridized carbons (Fsp3) is 0.500. The van der Waals surface area contributed by atoms with Crippen LogP contribution in [0.5, 0.6) is 0 Å². The fourth-order valence-electron chi connectivity index (χ4n) is 2.53. The number of halogens is 2. The lowest BCUT2D eigenvalue weighted by Crippen LogP contribution is -2.20. The summed E-state index contributed by atoms with van der Waals surface area (Å²) in [7, 11) is 0. The van der Waals surface area contributed by atoms with Crippen molar-refractivity contribution in [3.8, 4) is 0 Å². The zero-order valence-corrected chi connectivity index (χ0v) is 10.7. The number of hydrogen-bond donors (Lipinski definition) is 1. The monoisotopic (exact) mass is 274 g/mol. The second-order valence-corrected chi connectivity index (χ2v) is 4.53. The molecular formula is C12H16ClFN2O2. The summed E-state index contributed by atoms with van der Waals surface area (Å²) in [5.41, 5.74) is 6.28. The molecule has 0 bridgehead atoms. The topological polar surface area (TPSA) is 69.2 Å². The van der Waals surface area contributed by atoms with Gasteiger partial charge in [0, 0.05) is 17.7 Å².